The van der Waals surface area contributed by atoms with Gasteiger partial charge < -0.3 is 10.5 Å². The second-order valence-electron chi connectivity index (χ2n) is 3.10. The van der Waals surface area contributed by atoms with Crippen molar-refractivity contribution in [2.24, 2.45) is 0 Å². The summed E-state index contributed by atoms with van der Waals surface area (Å²) in [5.41, 5.74) is 5.51. The summed E-state index contributed by atoms with van der Waals surface area (Å²) in [6.07, 6.45) is 0. The molecule has 0 aliphatic heterocycles. The van der Waals surface area contributed by atoms with Gasteiger partial charge in [0.1, 0.15) is 17.3 Å². The highest BCUT2D eigenvalue weighted by Crippen LogP contribution is 2.24. The molecular weight excluding hydrogens is 193 g/mol. The van der Waals surface area contributed by atoms with Crippen molar-refractivity contribution in [3.8, 4) is 11.5 Å². The van der Waals surface area contributed by atoms with Crippen LogP contribution in [0.25, 0.3) is 0 Å². The predicted molar refractivity (Wildman–Crippen MR) is 57.3 cm³/mol. The number of para-hydroxylation sites is 1. The first-order valence-corrected chi connectivity index (χ1v) is 4.53. The molecule has 2 N–H and O–H groups in total. The van der Waals surface area contributed by atoms with E-state index < -0.39 is 5.82 Å². The van der Waals surface area contributed by atoms with Gasteiger partial charge in [0, 0.05) is 6.07 Å². The monoisotopic (exact) mass is 203 g/mol. The molecule has 0 aromatic heterocycles. The fourth-order valence-electron chi connectivity index (χ4n) is 1.21. The highest BCUT2D eigenvalue weighted by molar-refractivity contribution is 5.46. The van der Waals surface area contributed by atoms with Crippen molar-refractivity contribution in [2.45, 2.75) is 0 Å². The molecule has 0 saturated carbocycles. The number of hydrogen-bond acceptors (Lipinski definition) is 2. The van der Waals surface area contributed by atoms with Crippen molar-refractivity contribution in [2.75, 3.05) is 5.73 Å². The topological polar surface area (TPSA) is 35.2 Å². The van der Waals surface area contributed by atoms with E-state index in [9.17, 15) is 4.39 Å². The van der Waals surface area contributed by atoms with Crippen LogP contribution in [-0.4, -0.2) is 0 Å². The standard InChI is InChI=1S/C12H10FNO/c13-11-7-6-10(8-12(11)14)15-9-4-2-1-3-5-9/h1-8H,14H2. The Balaban J connectivity index is 2.22. The highest BCUT2D eigenvalue weighted by atomic mass is 19.1. The number of nitrogens with two attached hydrogens (primary N) is 1. The Morgan fingerprint density at radius 2 is 1.67 bits per heavy atom. The van der Waals surface area contributed by atoms with Gasteiger partial charge in [-0.1, -0.05) is 18.2 Å². The average Bonchev–Trinajstić information content (AvgIpc) is 2.25. The quantitative estimate of drug-likeness (QED) is 0.760. The molecule has 0 radical (unpaired) electrons. The molecule has 2 aromatic carbocycles. The lowest BCUT2D eigenvalue weighted by Gasteiger charge is -2.06. The number of anilines is 1. The molecule has 2 rings (SSSR count). The van der Waals surface area contributed by atoms with Crippen LogP contribution in [0.2, 0.25) is 0 Å². The fraction of sp³-hybridized carbons (Fsp3) is 0. The van der Waals surface area contributed by atoms with Gasteiger partial charge in [-0.25, -0.2) is 4.39 Å². The summed E-state index contributed by atoms with van der Waals surface area (Å²) in [4.78, 5) is 0. The molecule has 0 aliphatic carbocycles. The van der Waals surface area contributed by atoms with Crippen LogP contribution in [0.4, 0.5) is 10.1 Å². The van der Waals surface area contributed by atoms with E-state index in [2.05, 4.69) is 0 Å². The van der Waals surface area contributed by atoms with E-state index in [0.717, 1.165) is 0 Å². The van der Waals surface area contributed by atoms with Gasteiger partial charge in [0.15, 0.2) is 0 Å². The maximum atomic E-state index is 12.9. The van der Waals surface area contributed by atoms with Gasteiger partial charge in [-0.3, -0.25) is 0 Å². The largest absolute Gasteiger partial charge is 0.457 e. The molecule has 0 atom stereocenters. The normalized spacial score (nSPS) is 9.93. The van der Waals surface area contributed by atoms with Gasteiger partial charge in [-0.15, -0.1) is 0 Å². The van der Waals surface area contributed by atoms with E-state index in [1.54, 1.807) is 6.07 Å². The van der Waals surface area contributed by atoms with E-state index >= 15 is 0 Å². The Kier molecular flexibility index (Phi) is 2.54. The summed E-state index contributed by atoms with van der Waals surface area (Å²) < 4.78 is 18.3. The zero-order valence-electron chi connectivity index (χ0n) is 7.98. The van der Waals surface area contributed by atoms with Crippen LogP contribution in [0.3, 0.4) is 0 Å². The molecule has 2 nitrogen and oxygen atoms in total. The van der Waals surface area contributed by atoms with Crippen molar-refractivity contribution in [1.29, 1.82) is 0 Å². The van der Waals surface area contributed by atoms with Gasteiger partial charge in [-0.05, 0) is 24.3 Å². The molecule has 0 unspecified atom stereocenters. The number of rotatable bonds is 2. The smallest absolute Gasteiger partial charge is 0.146 e. The van der Waals surface area contributed by atoms with E-state index in [-0.39, 0.29) is 5.69 Å². The molecule has 76 valence electrons. The van der Waals surface area contributed by atoms with Crippen molar-refractivity contribution in [3.05, 3.63) is 54.3 Å². The van der Waals surface area contributed by atoms with Crippen LogP contribution in [0.15, 0.2) is 48.5 Å². The molecule has 0 aliphatic rings. The van der Waals surface area contributed by atoms with E-state index in [1.807, 2.05) is 30.3 Å². The van der Waals surface area contributed by atoms with Crippen LogP contribution < -0.4 is 10.5 Å². The third-order valence-corrected chi connectivity index (χ3v) is 1.95. The van der Waals surface area contributed by atoms with Crippen LogP contribution in [0.5, 0.6) is 11.5 Å². The minimum Gasteiger partial charge on any atom is -0.457 e. The van der Waals surface area contributed by atoms with Gasteiger partial charge >= 0.3 is 0 Å². The minimum absolute atomic E-state index is 0.0865. The number of benzene rings is 2. The van der Waals surface area contributed by atoms with Crippen molar-refractivity contribution in [3.63, 3.8) is 0 Å². The number of hydrogen-bond donors (Lipinski definition) is 1. The van der Waals surface area contributed by atoms with Crippen LogP contribution in [0.1, 0.15) is 0 Å². The van der Waals surface area contributed by atoms with E-state index in [4.69, 9.17) is 10.5 Å². The van der Waals surface area contributed by atoms with Crippen molar-refractivity contribution < 1.29 is 9.13 Å². The van der Waals surface area contributed by atoms with Crippen LogP contribution in [0, 0.1) is 5.82 Å². The number of halogens is 1. The lowest BCUT2D eigenvalue weighted by molar-refractivity contribution is 0.481. The molecule has 0 heterocycles. The minimum atomic E-state index is -0.435. The van der Waals surface area contributed by atoms with E-state index in [0.29, 0.717) is 11.5 Å². The molecule has 0 amide bonds. The molecule has 0 saturated heterocycles. The predicted octanol–water partition coefficient (Wildman–Crippen LogP) is 3.20. The molecule has 3 heteroatoms. The van der Waals surface area contributed by atoms with Gasteiger partial charge in [0.2, 0.25) is 0 Å². The summed E-state index contributed by atoms with van der Waals surface area (Å²) in [5.74, 6) is 0.791. The molecule has 2 aromatic rings. The second-order valence-corrected chi connectivity index (χ2v) is 3.10. The number of nitrogen functional groups attached to an aromatic ring is 1. The number of ether oxygens (including phenoxy) is 1. The Labute approximate surface area is 87.1 Å². The molecule has 0 spiro atoms. The summed E-state index contributed by atoms with van der Waals surface area (Å²) >= 11 is 0. The van der Waals surface area contributed by atoms with Crippen LogP contribution in [-0.2, 0) is 0 Å². The molecular formula is C12H10FNO. The van der Waals surface area contributed by atoms with E-state index in [1.165, 1.54) is 12.1 Å². The first-order valence-electron chi connectivity index (χ1n) is 4.53. The van der Waals surface area contributed by atoms with Crippen molar-refractivity contribution in [1.82, 2.24) is 0 Å². The SMILES string of the molecule is Nc1cc(Oc2ccccc2)ccc1F. The van der Waals surface area contributed by atoms with Gasteiger partial charge in [-0.2, -0.15) is 0 Å². The lowest BCUT2D eigenvalue weighted by Crippen LogP contribution is -1.91. The first kappa shape index (κ1) is 9.52. The Morgan fingerprint density at radius 3 is 2.33 bits per heavy atom. The molecule has 15 heavy (non-hydrogen) atoms. The van der Waals surface area contributed by atoms with Crippen molar-refractivity contribution >= 4 is 5.69 Å². The second kappa shape index (κ2) is 4.00. The third kappa shape index (κ3) is 2.26. The third-order valence-electron chi connectivity index (χ3n) is 1.95. The summed E-state index contributed by atoms with van der Waals surface area (Å²) in [5, 5.41) is 0. The molecule has 0 bridgehead atoms. The summed E-state index contributed by atoms with van der Waals surface area (Å²) in [7, 11) is 0. The summed E-state index contributed by atoms with van der Waals surface area (Å²) in [6.45, 7) is 0. The fourth-order valence-corrected chi connectivity index (χ4v) is 1.21. The Hall–Kier alpha value is -2.03. The summed E-state index contributed by atoms with van der Waals surface area (Å²) in [6, 6.07) is 13.5. The maximum absolute atomic E-state index is 12.9. The Bertz CT molecular complexity index is 456. The lowest BCUT2D eigenvalue weighted by atomic mass is 10.3. The highest BCUT2D eigenvalue weighted by Gasteiger charge is 2.01. The molecule has 0 fully saturated rings. The average molecular weight is 203 g/mol. The maximum Gasteiger partial charge on any atom is 0.146 e. The Morgan fingerprint density at radius 1 is 0.933 bits per heavy atom. The first-order chi connectivity index (χ1) is 7.25. The van der Waals surface area contributed by atoms with Gasteiger partial charge in [0.05, 0.1) is 5.69 Å². The van der Waals surface area contributed by atoms with Gasteiger partial charge in [0.25, 0.3) is 0 Å². The zero-order valence-corrected chi connectivity index (χ0v) is 7.98. The zero-order chi connectivity index (χ0) is 10.7. The van der Waals surface area contributed by atoms with Crippen LogP contribution >= 0.6 is 0 Å².